The maximum Gasteiger partial charge on any atom is 0.0215 e. The second-order valence-electron chi connectivity index (χ2n) is 30.9. The largest absolute Gasteiger partial charge is 0.0654 e. The molecule has 102 heavy (non-hydrogen) atoms. The highest BCUT2D eigenvalue weighted by molar-refractivity contribution is 5.94. The summed E-state index contributed by atoms with van der Waals surface area (Å²) in [6, 6.07) is 95.3. The van der Waals surface area contributed by atoms with Crippen molar-refractivity contribution >= 4 is 0 Å². The van der Waals surface area contributed by atoms with E-state index in [9.17, 15) is 0 Å². The van der Waals surface area contributed by atoms with Gasteiger partial charge in [0.15, 0.2) is 0 Å². The summed E-state index contributed by atoms with van der Waals surface area (Å²) >= 11 is 0. The van der Waals surface area contributed by atoms with Gasteiger partial charge in [-0.1, -0.05) is 387 Å². The molecule has 0 saturated heterocycles. The molecule has 0 heterocycles. The van der Waals surface area contributed by atoms with Gasteiger partial charge in [-0.05, 0) is 222 Å². The van der Waals surface area contributed by atoms with Crippen molar-refractivity contribution in [2.45, 2.75) is 232 Å². The minimum absolute atomic E-state index is 0.0345. The summed E-state index contributed by atoms with van der Waals surface area (Å²) in [4.78, 5) is 0. The van der Waals surface area contributed by atoms with Gasteiger partial charge in [-0.25, -0.2) is 0 Å². The van der Waals surface area contributed by atoms with Crippen LogP contribution in [0, 0.1) is 13.8 Å². The van der Waals surface area contributed by atoms with Crippen molar-refractivity contribution in [3.8, 4) is 111 Å². The number of benzene rings is 11. The Morgan fingerprint density at radius 2 is 0.480 bits per heavy atom. The third-order valence-corrected chi connectivity index (χ3v) is 23.6. The lowest BCUT2D eigenvalue weighted by Crippen LogP contribution is -2.25. The summed E-state index contributed by atoms with van der Waals surface area (Å²) in [7, 11) is 0. The highest BCUT2D eigenvalue weighted by Crippen LogP contribution is 2.58. The molecule has 0 fully saturated rings. The lowest BCUT2D eigenvalue weighted by molar-refractivity contribution is 0.398. The van der Waals surface area contributed by atoms with Gasteiger partial charge >= 0.3 is 0 Å². The van der Waals surface area contributed by atoms with E-state index in [1.165, 1.54) is 295 Å². The predicted molar refractivity (Wildman–Crippen MR) is 444 cm³/mol. The van der Waals surface area contributed by atoms with Crippen molar-refractivity contribution in [1.29, 1.82) is 0 Å². The van der Waals surface area contributed by atoms with Gasteiger partial charge in [0.05, 0.1) is 0 Å². The number of fused-ring (bicyclic) bond motifs is 6. The van der Waals surface area contributed by atoms with Crippen molar-refractivity contribution in [3.63, 3.8) is 0 Å². The minimum atomic E-state index is -0.144. The van der Waals surface area contributed by atoms with Gasteiger partial charge in [-0.3, -0.25) is 0 Å². The molecule has 0 nitrogen and oxygen atoms in total. The second-order valence-corrected chi connectivity index (χ2v) is 30.9. The van der Waals surface area contributed by atoms with Gasteiger partial charge in [0, 0.05) is 10.8 Å². The molecule has 0 N–H and O–H groups in total. The molecule has 13 rings (SSSR count). The SMILES string of the molecule is CCCCCCCCC1(CCCCCCCC)c2cc(C)ccc2-c2ccc(-c3cc(-c4ccc5c(c4)C(CCCCCCCC)(CCCCCCCC)c4cc(-c6cccc(-c7ccccc7-c7cccc(C)c7)c6)ccc4-5)cc(-c4cc(-c5ccccc5)ccc4-c4ccccc4)c3)cc21. The summed E-state index contributed by atoms with van der Waals surface area (Å²) in [5.41, 5.74) is 34.8. The number of hydrogen-bond acceptors (Lipinski definition) is 0. The summed E-state index contributed by atoms with van der Waals surface area (Å²) in [5.74, 6) is 0. The Kier molecular flexibility index (Phi) is 24.4. The predicted octanol–water partition coefficient (Wildman–Crippen LogP) is 31.2. The second kappa shape index (κ2) is 34.6. The molecule has 0 aromatic heterocycles. The Morgan fingerprint density at radius 1 is 0.176 bits per heavy atom. The lowest BCUT2D eigenvalue weighted by atomic mass is 9.69. The first-order chi connectivity index (χ1) is 50.2. The molecule has 0 unspecified atom stereocenters. The fourth-order valence-electron chi connectivity index (χ4n) is 18.0. The molecular formula is C102H114. The zero-order valence-electron chi connectivity index (χ0n) is 62.9. The van der Waals surface area contributed by atoms with Crippen LogP contribution in [0.3, 0.4) is 0 Å². The Hall–Kier alpha value is -8.58. The van der Waals surface area contributed by atoms with Crippen LogP contribution in [-0.2, 0) is 10.8 Å². The van der Waals surface area contributed by atoms with Gasteiger partial charge in [0.1, 0.15) is 0 Å². The molecule has 522 valence electrons. The summed E-state index contributed by atoms with van der Waals surface area (Å²) in [6.45, 7) is 13.9. The molecule has 0 heteroatoms. The molecule has 2 aliphatic carbocycles. The van der Waals surface area contributed by atoms with Crippen LogP contribution in [-0.4, -0.2) is 0 Å². The molecule has 0 bridgehead atoms. The first-order valence-electron chi connectivity index (χ1n) is 40.5. The summed E-state index contributed by atoms with van der Waals surface area (Å²) in [6.07, 6.45) is 35.8. The van der Waals surface area contributed by atoms with E-state index in [0.29, 0.717) is 0 Å². The maximum atomic E-state index is 2.72. The van der Waals surface area contributed by atoms with Crippen molar-refractivity contribution in [3.05, 3.63) is 276 Å². The summed E-state index contributed by atoms with van der Waals surface area (Å²) in [5, 5.41) is 0. The van der Waals surface area contributed by atoms with Gasteiger partial charge in [-0.15, -0.1) is 0 Å². The highest BCUT2D eigenvalue weighted by atomic mass is 14.5. The van der Waals surface area contributed by atoms with Crippen LogP contribution in [0.25, 0.3) is 111 Å². The van der Waals surface area contributed by atoms with Crippen LogP contribution in [0.15, 0.2) is 243 Å². The zero-order valence-corrected chi connectivity index (χ0v) is 62.9. The molecule has 11 aromatic carbocycles. The van der Waals surface area contributed by atoms with Gasteiger partial charge in [0.2, 0.25) is 0 Å². The van der Waals surface area contributed by atoms with Crippen molar-refractivity contribution < 1.29 is 0 Å². The molecule has 0 amide bonds. The van der Waals surface area contributed by atoms with Crippen LogP contribution in [0.2, 0.25) is 0 Å². The Bertz CT molecular complexity index is 4520. The first kappa shape index (κ1) is 71.8. The number of unbranched alkanes of at least 4 members (excludes halogenated alkanes) is 20. The van der Waals surface area contributed by atoms with Crippen LogP contribution < -0.4 is 0 Å². The van der Waals surface area contributed by atoms with Crippen molar-refractivity contribution in [2.24, 2.45) is 0 Å². The maximum absolute atomic E-state index is 2.72. The highest BCUT2D eigenvalue weighted by Gasteiger charge is 2.44. The van der Waals surface area contributed by atoms with E-state index in [2.05, 4.69) is 284 Å². The molecule has 0 spiro atoms. The third-order valence-electron chi connectivity index (χ3n) is 23.6. The molecule has 2 aliphatic rings. The number of aryl methyl sites for hydroxylation is 2. The number of rotatable bonds is 36. The Balaban J connectivity index is 0.985. The molecule has 0 radical (unpaired) electrons. The van der Waals surface area contributed by atoms with E-state index < -0.39 is 0 Å². The van der Waals surface area contributed by atoms with E-state index >= 15 is 0 Å². The van der Waals surface area contributed by atoms with E-state index in [-0.39, 0.29) is 10.8 Å². The van der Waals surface area contributed by atoms with Crippen LogP contribution in [0.4, 0.5) is 0 Å². The van der Waals surface area contributed by atoms with Gasteiger partial charge in [0.25, 0.3) is 0 Å². The molecular weight excluding hydrogens is 1230 g/mol. The normalized spacial score (nSPS) is 13.1. The molecule has 0 atom stereocenters. The monoisotopic (exact) mass is 1340 g/mol. The first-order valence-corrected chi connectivity index (χ1v) is 40.5. The Morgan fingerprint density at radius 3 is 0.941 bits per heavy atom. The quantitative estimate of drug-likeness (QED) is 0.0343. The van der Waals surface area contributed by atoms with E-state index in [1.807, 2.05) is 0 Å². The molecule has 11 aromatic rings. The fourth-order valence-corrected chi connectivity index (χ4v) is 18.0. The fraction of sp³-hybridized carbons (Fsp3) is 0.353. The van der Waals surface area contributed by atoms with Crippen molar-refractivity contribution in [1.82, 2.24) is 0 Å². The number of hydrogen-bond donors (Lipinski definition) is 0. The average Bonchev–Trinajstić information content (AvgIpc) is 1.56. The van der Waals surface area contributed by atoms with E-state index in [1.54, 1.807) is 16.7 Å². The smallest absolute Gasteiger partial charge is 0.0215 e. The molecule has 0 saturated carbocycles. The summed E-state index contributed by atoms with van der Waals surface area (Å²) < 4.78 is 0. The lowest BCUT2D eigenvalue weighted by Gasteiger charge is -2.33. The molecule has 0 aliphatic heterocycles. The zero-order chi connectivity index (χ0) is 70.1. The van der Waals surface area contributed by atoms with Crippen LogP contribution >= 0.6 is 0 Å². The van der Waals surface area contributed by atoms with Gasteiger partial charge in [-0.2, -0.15) is 0 Å². The van der Waals surface area contributed by atoms with Gasteiger partial charge < -0.3 is 0 Å². The minimum Gasteiger partial charge on any atom is -0.0654 e. The topological polar surface area (TPSA) is 0 Å². The van der Waals surface area contributed by atoms with Crippen LogP contribution in [0.5, 0.6) is 0 Å². The van der Waals surface area contributed by atoms with E-state index in [0.717, 1.165) is 12.8 Å². The Labute approximate surface area is 615 Å². The van der Waals surface area contributed by atoms with Crippen LogP contribution in [0.1, 0.15) is 241 Å². The average molecular weight is 1340 g/mol. The van der Waals surface area contributed by atoms with Crippen molar-refractivity contribution in [2.75, 3.05) is 0 Å². The van der Waals surface area contributed by atoms with E-state index in [4.69, 9.17) is 0 Å². The standard InChI is InChI=1S/C102H114/c1-7-11-15-19-23-35-61-101(62-36-24-20-16-12-8-2)97-66-76(6)51-56-92(97)93-59-54-82(73-99(93)101)86-68-87(70-88(69-86)96-71-80(77-42-29-27-30-43-77)52-57-91(96)78-44-31-28-32-45-78)83-55-60-95-94-58-53-81(79-46-40-48-85(67-79)90-50-34-33-49-89(90)84-47-39-41-75(5)65-84)72-98(94)102(100(95)74-83,63-37-25-21-17-13-9-3)64-38-26-22-18-14-10-4/h27-34,39-60,65-74H,7-26,35-38,61-64H2,1-6H3. The third kappa shape index (κ3) is 16.1.